The van der Waals surface area contributed by atoms with E-state index in [9.17, 15) is 19.7 Å². The molecule has 0 heterocycles. The van der Waals surface area contributed by atoms with Crippen LogP contribution in [0.25, 0.3) is 0 Å². The van der Waals surface area contributed by atoms with E-state index in [-0.39, 0.29) is 17.0 Å². The summed E-state index contributed by atoms with van der Waals surface area (Å²) in [4.78, 5) is 36.1. The van der Waals surface area contributed by atoms with Crippen molar-refractivity contribution in [2.75, 3.05) is 20.0 Å². The van der Waals surface area contributed by atoms with E-state index in [4.69, 9.17) is 9.47 Å². The molecule has 0 saturated carbocycles. The summed E-state index contributed by atoms with van der Waals surface area (Å²) in [6, 6.07) is 19.1. The Morgan fingerprint density at radius 2 is 1.78 bits per heavy atom. The van der Waals surface area contributed by atoms with Crippen molar-refractivity contribution in [2.24, 2.45) is 5.10 Å². The summed E-state index contributed by atoms with van der Waals surface area (Å²) in [7, 11) is 3.06. The Balaban J connectivity index is 1.69. The highest BCUT2D eigenvalue weighted by atomic mass is 32.2. The number of carbonyl (C=O) groups is 2. The van der Waals surface area contributed by atoms with E-state index >= 15 is 0 Å². The van der Waals surface area contributed by atoms with Gasteiger partial charge in [-0.15, -0.1) is 0 Å². The molecule has 37 heavy (non-hydrogen) atoms. The molecule has 0 aliphatic carbocycles. The molecule has 1 unspecified atom stereocenters. The normalized spacial score (nSPS) is 11.5. The van der Waals surface area contributed by atoms with Gasteiger partial charge >= 0.3 is 0 Å². The maximum absolute atomic E-state index is 12.9. The van der Waals surface area contributed by atoms with Crippen LogP contribution >= 0.6 is 11.8 Å². The monoisotopic (exact) mass is 522 g/mol. The van der Waals surface area contributed by atoms with Crippen LogP contribution in [0.1, 0.15) is 21.5 Å². The molecule has 2 N–H and O–H groups in total. The number of thioether (sulfide) groups is 1. The molecule has 0 fully saturated rings. The van der Waals surface area contributed by atoms with Gasteiger partial charge in [0.2, 0.25) is 0 Å². The Hall–Kier alpha value is -4.38. The number of ether oxygens (including phenoxy) is 2. The zero-order valence-electron chi connectivity index (χ0n) is 20.2. The summed E-state index contributed by atoms with van der Waals surface area (Å²) in [5.74, 6) is 1.00. The predicted molar refractivity (Wildman–Crippen MR) is 142 cm³/mol. The Morgan fingerprint density at radius 1 is 1.05 bits per heavy atom. The van der Waals surface area contributed by atoms with Crippen molar-refractivity contribution in [3.05, 3.63) is 99.6 Å². The Morgan fingerprint density at radius 3 is 2.43 bits per heavy atom. The first-order chi connectivity index (χ1) is 17.9. The molecule has 10 nitrogen and oxygen atoms in total. The fraction of sp³-hybridized carbons (Fsp3) is 0.192. The molecule has 0 aliphatic heterocycles. The number of hydrogen-bond donors (Lipinski definition) is 2. The molecule has 192 valence electrons. The standard InChI is InChI=1S/C26H26N4O6S/c1-35-22-13-10-20(24(14-22)36-2)15-27-29-26(32)23(17-37-16-18-6-4-3-5-7-18)28-25(31)19-8-11-21(12-9-19)30(33)34/h3-15,23H,16-17H2,1-2H3,(H,28,31)(H,29,32)/b27-15+. The Bertz CT molecular complexity index is 1250. The van der Waals surface area contributed by atoms with Gasteiger partial charge in [0.05, 0.1) is 25.4 Å². The molecule has 3 aromatic rings. The second-order valence-corrected chi connectivity index (χ2v) is 8.70. The van der Waals surface area contributed by atoms with Crippen molar-refractivity contribution in [2.45, 2.75) is 11.8 Å². The van der Waals surface area contributed by atoms with Gasteiger partial charge in [-0.3, -0.25) is 19.7 Å². The van der Waals surface area contributed by atoms with E-state index in [1.165, 1.54) is 49.4 Å². The fourth-order valence-electron chi connectivity index (χ4n) is 3.20. The number of nitrogens with one attached hydrogen (secondary N) is 2. The minimum atomic E-state index is -0.911. The molecule has 0 radical (unpaired) electrons. The highest BCUT2D eigenvalue weighted by Crippen LogP contribution is 2.23. The molecule has 0 aliphatic rings. The largest absolute Gasteiger partial charge is 0.497 e. The molecule has 0 bridgehead atoms. The van der Waals surface area contributed by atoms with E-state index in [1.807, 2.05) is 30.3 Å². The van der Waals surface area contributed by atoms with Gasteiger partial charge < -0.3 is 14.8 Å². The average Bonchev–Trinajstić information content (AvgIpc) is 2.93. The predicted octanol–water partition coefficient (Wildman–Crippen LogP) is 3.79. The van der Waals surface area contributed by atoms with Gasteiger partial charge in [0.15, 0.2) is 0 Å². The second kappa shape index (κ2) is 13.6. The van der Waals surface area contributed by atoms with E-state index in [2.05, 4.69) is 15.8 Å². The number of hydrazone groups is 1. The summed E-state index contributed by atoms with van der Waals surface area (Å²) in [5, 5.41) is 17.6. The van der Waals surface area contributed by atoms with Gasteiger partial charge in [0.1, 0.15) is 17.5 Å². The number of rotatable bonds is 12. The summed E-state index contributed by atoms with van der Waals surface area (Å²) < 4.78 is 10.5. The van der Waals surface area contributed by atoms with Crippen molar-refractivity contribution >= 4 is 35.5 Å². The second-order valence-electron chi connectivity index (χ2n) is 7.67. The van der Waals surface area contributed by atoms with Crippen molar-refractivity contribution in [1.29, 1.82) is 0 Å². The summed E-state index contributed by atoms with van der Waals surface area (Å²) in [6.45, 7) is 0. The molecule has 1 atom stereocenters. The maximum atomic E-state index is 12.9. The first-order valence-corrected chi connectivity index (χ1v) is 12.3. The van der Waals surface area contributed by atoms with Gasteiger partial charge in [-0.1, -0.05) is 30.3 Å². The molecule has 0 spiro atoms. The average molecular weight is 523 g/mol. The number of carbonyl (C=O) groups excluding carboxylic acids is 2. The smallest absolute Gasteiger partial charge is 0.269 e. The molecular formula is C26H26N4O6S. The van der Waals surface area contributed by atoms with Crippen LogP contribution in [0.2, 0.25) is 0 Å². The van der Waals surface area contributed by atoms with Crippen molar-refractivity contribution in [3.8, 4) is 11.5 Å². The van der Waals surface area contributed by atoms with Gasteiger partial charge in [-0.05, 0) is 29.8 Å². The SMILES string of the molecule is COc1ccc(/C=N/NC(=O)C(CSCc2ccccc2)NC(=O)c2ccc([N+](=O)[O-])cc2)c(OC)c1. The maximum Gasteiger partial charge on any atom is 0.269 e. The fourth-order valence-corrected chi connectivity index (χ4v) is 4.21. The first kappa shape index (κ1) is 27.2. The van der Waals surface area contributed by atoms with Gasteiger partial charge in [-0.25, -0.2) is 5.43 Å². The van der Waals surface area contributed by atoms with Crippen molar-refractivity contribution in [1.82, 2.24) is 10.7 Å². The lowest BCUT2D eigenvalue weighted by Crippen LogP contribution is -2.47. The van der Waals surface area contributed by atoms with E-state index < -0.39 is 22.8 Å². The van der Waals surface area contributed by atoms with Crippen LogP contribution in [0.15, 0.2) is 77.9 Å². The Labute approximate surface area is 218 Å². The van der Waals surface area contributed by atoms with Crippen LogP contribution in [0, 0.1) is 10.1 Å². The highest BCUT2D eigenvalue weighted by molar-refractivity contribution is 7.98. The number of hydrogen-bond acceptors (Lipinski definition) is 8. The molecular weight excluding hydrogens is 496 g/mol. The van der Waals surface area contributed by atoms with Crippen LogP contribution in [-0.2, 0) is 10.5 Å². The molecule has 11 heteroatoms. The van der Waals surface area contributed by atoms with Crippen LogP contribution in [0.5, 0.6) is 11.5 Å². The van der Waals surface area contributed by atoms with Crippen LogP contribution in [0.3, 0.4) is 0 Å². The molecule has 3 rings (SSSR count). The zero-order chi connectivity index (χ0) is 26.6. The third kappa shape index (κ3) is 8.07. The summed E-state index contributed by atoms with van der Waals surface area (Å²) >= 11 is 1.48. The van der Waals surface area contributed by atoms with Gasteiger partial charge in [-0.2, -0.15) is 16.9 Å². The third-order valence-electron chi connectivity index (χ3n) is 5.18. The number of amides is 2. The number of methoxy groups -OCH3 is 2. The molecule has 0 saturated heterocycles. The molecule has 0 aromatic heterocycles. The summed E-state index contributed by atoms with van der Waals surface area (Å²) in [6.07, 6.45) is 1.43. The van der Waals surface area contributed by atoms with Crippen LogP contribution in [-0.4, -0.2) is 49.0 Å². The number of nitrogens with zero attached hydrogens (tertiary/aromatic N) is 2. The van der Waals surface area contributed by atoms with Crippen LogP contribution in [0.4, 0.5) is 5.69 Å². The number of non-ortho nitro benzene ring substituents is 1. The van der Waals surface area contributed by atoms with E-state index in [1.54, 1.807) is 25.3 Å². The Kier molecular flexibility index (Phi) is 10.0. The zero-order valence-corrected chi connectivity index (χ0v) is 21.1. The molecule has 3 aromatic carbocycles. The molecule has 2 amide bonds. The van der Waals surface area contributed by atoms with E-state index in [0.717, 1.165) is 5.56 Å². The van der Waals surface area contributed by atoms with Crippen molar-refractivity contribution in [3.63, 3.8) is 0 Å². The topological polar surface area (TPSA) is 132 Å². The van der Waals surface area contributed by atoms with Gasteiger partial charge in [0, 0.05) is 40.8 Å². The lowest BCUT2D eigenvalue weighted by molar-refractivity contribution is -0.384. The van der Waals surface area contributed by atoms with Gasteiger partial charge in [0.25, 0.3) is 17.5 Å². The minimum absolute atomic E-state index is 0.132. The number of benzene rings is 3. The number of nitro groups is 1. The minimum Gasteiger partial charge on any atom is -0.497 e. The van der Waals surface area contributed by atoms with Crippen molar-refractivity contribution < 1.29 is 24.0 Å². The quantitative estimate of drug-likeness (QED) is 0.210. The lowest BCUT2D eigenvalue weighted by Gasteiger charge is -2.17. The van der Waals surface area contributed by atoms with Crippen LogP contribution < -0.4 is 20.2 Å². The van der Waals surface area contributed by atoms with E-state index in [0.29, 0.717) is 22.8 Å². The number of nitro benzene ring substituents is 1. The first-order valence-electron chi connectivity index (χ1n) is 11.1. The summed E-state index contributed by atoms with van der Waals surface area (Å²) in [5.41, 5.74) is 4.23. The lowest BCUT2D eigenvalue weighted by atomic mass is 10.2. The third-order valence-corrected chi connectivity index (χ3v) is 6.28. The highest BCUT2D eigenvalue weighted by Gasteiger charge is 2.22.